The van der Waals surface area contributed by atoms with Gasteiger partial charge in [-0.3, -0.25) is 0 Å². The lowest BCUT2D eigenvalue weighted by molar-refractivity contribution is 0.247. The van der Waals surface area contributed by atoms with Crippen molar-refractivity contribution in [2.24, 2.45) is 0 Å². The molecule has 3 heteroatoms. The molecule has 2 atom stereocenters. The molecule has 2 unspecified atom stereocenters. The molecule has 13 heavy (non-hydrogen) atoms. The number of aliphatic hydroxyl groups is 1. The maximum atomic E-state index is 8.84. The highest BCUT2D eigenvalue weighted by atomic mass is 16.3. The zero-order chi connectivity index (χ0) is 9.52. The van der Waals surface area contributed by atoms with Crippen molar-refractivity contribution in [3.8, 4) is 0 Å². The van der Waals surface area contributed by atoms with E-state index in [2.05, 4.69) is 17.6 Å². The largest absolute Gasteiger partial charge is 0.396 e. The molecule has 78 valence electrons. The van der Waals surface area contributed by atoms with Crippen LogP contribution in [-0.2, 0) is 0 Å². The predicted octanol–water partition coefficient (Wildman–Crippen LogP) is 0.489. The van der Waals surface area contributed by atoms with Crippen LogP contribution >= 0.6 is 0 Å². The van der Waals surface area contributed by atoms with Gasteiger partial charge in [-0.15, -0.1) is 0 Å². The molecule has 1 saturated heterocycles. The highest BCUT2D eigenvalue weighted by Crippen LogP contribution is 2.05. The van der Waals surface area contributed by atoms with Crippen LogP contribution in [0.2, 0.25) is 0 Å². The standard InChI is InChI=1S/C10H22N2O/c1-2-9(5-7-13)12-10-4-3-6-11-8-10/h9-13H,2-8H2,1H3. The molecular weight excluding hydrogens is 164 g/mol. The Bertz CT molecular complexity index is 121. The molecular formula is C10H22N2O. The molecule has 0 aromatic heterocycles. The van der Waals surface area contributed by atoms with Crippen molar-refractivity contribution in [3.05, 3.63) is 0 Å². The number of aliphatic hydroxyl groups excluding tert-OH is 1. The molecule has 1 rings (SSSR count). The van der Waals surface area contributed by atoms with E-state index in [-0.39, 0.29) is 0 Å². The summed E-state index contributed by atoms with van der Waals surface area (Å²) in [5.41, 5.74) is 0. The summed E-state index contributed by atoms with van der Waals surface area (Å²) < 4.78 is 0. The van der Waals surface area contributed by atoms with Gasteiger partial charge in [-0.2, -0.15) is 0 Å². The third kappa shape index (κ3) is 4.07. The molecule has 3 nitrogen and oxygen atoms in total. The molecule has 3 N–H and O–H groups in total. The Kier molecular flexibility index (Phi) is 5.35. The minimum Gasteiger partial charge on any atom is -0.396 e. The predicted molar refractivity (Wildman–Crippen MR) is 54.8 cm³/mol. The Morgan fingerprint density at radius 2 is 2.46 bits per heavy atom. The smallest absolute Gasteiger partial charge is 0.0445 e. The fourth-order valence-corrected chi connectivity index (χ4v) is 1.89. The number of hydrogen-bond donors (Lipinski definition) is 3. The van der Waals surface area contributed by atoms with E-state index >= 15 is 0 Å². The van der Waals surface area contributed by atoms with Crippen molar-refractivity contribution in [1.29, 1.82) is 0 Å². The second kappa shape index (κ2) is 6.35. The first-order chi connectivity index (χ1) is 6.36. The molecule has 1 fully saturated rings. The number of rotatable bonds is 5. The van der Waals surface area contributed by atoms with Gasteiger partial charge in [-0.05, 0) is 32.2 Å². The highest BCUT2D eigenvalue weighted by molar-refractivity contribution is 4.78. The monoisotopic (exact) mass is 186 g/mol. The first-order valence-corrected chi connectivity index (χ1v) is 5.44. The van der Waals surface area contributed by atoms with Gasteiger partial charge in [0.15, 0.2) is 0 Å². The van der Waals surface area contributed by atoms with Crippen LogP contribution in [0.15, 0.2) is 0 Å². The molecule has 1 heterocycles. The second-order valence-corrected chi connectivity index (χ2v) is 3.83. The van der Waals surface area contributed by atoms with Gasteiger partial charge in [0.05, 0.1) is 0 Å². The van der Waals surface area contributed by atoms with E-state index in [4.69, 9.17) is 5.11 Å². The first-order valence-electron chi connectivity index (χ1n) is 5.44. The van der Waals surface area contributed by atoms with Crippen molar-refractivity contribution in [2.75, 3.05) is 19.7 Å². The van der Waals surface area contributed by atoms with E-state index < -0.39 is 0 Å². The van der Waals surface area contributed by atoms with Crippen molar-refractivity contribution in [2.45, 2.75) is 44.7 Å². The van der Waals surface area contributed by atoms with Crippen LogP contribution in [0.4, 0.5) is 0 Å². The molecule has 0 radical (unpaired) electrons. The minimum absolute atomic E-state index is 0.297. The summed E-state index contributed by atoms with van der Waals surface area (Å²) in [5, 5.41) is 15.8. The van der Waals surface area contributed by atoms with E-state index in [1.54, 1.807) is 0 Å². The number of nitrogens with one attached hydrogen (secondary N) is 2. The molecule has 0 aromatic rings. The SMILES string of the molecule is CCC(CCO)NC1CCCNC1. The van der Waals surface area contributed by atoms with Gasteiger partial charge in [0, 0.05) is 25.2 Å². The number of piperidine rings is 1. The Morgan fingerprint density at radius 3 is 3.00 bits per heavy atom. The molecule has 0 bridgehead atoms. The Hall–Kier alpha value is -0.120. The van der Waals surface area contributed by atoms with Crippen LogP contribution in [-0.4, -0.2) is 36.9 Å². The van der Waals surface area contributed by atoms with Crippen LogP contribution in [0.1, 0.15) is 32.6 Å². The Labute approximate surface area is 80.9 Å². The quantitative estimate of drug-likeness (QED) is 0.585. The minimum atomic E-state index is 0.297. The molecule has 0 spiro atoms. The maximum absolute atomic E-state index is 8.84. The topological polar surface area (TPSA) is 44.3 Å². The third-order valence-electron chi connectivity index (χ3n) is 2.74. The average Bonchev–Trinajstić information content (AvgIpc) is 2.19. The van der Waals surface area contributed by atoms with Crippen molar-refractivity contribution < 1.29 is 5.11 Å². The fourth-order valence-electron chi connectivity index (χ4n) is 1.89. The highest BCUT2D eigenvalue weighted by Gasteiger charge is 2.15. The van der Waals surface area contributed by atoms with E-state index in [1.807, 2.05) is 0 Å². The molecule has 1 aliphatic heterocycles. The van der Waals surface area contributed by atoms with Gasteiger partial charge >= 0.3 is 0 Å². The van der Waals surface area contributed by atoms with Crippen LogP contribution in [0.5, 0.6) is 0 Å². The molecule has 0 saturated carbocycles. The lowest BCUT2D eigenvalue weighted by Crippen LogP contribution is -2.47. The molecule has 0 aliphatic carbocycles. The van der Waals surface area contributed by atoms with Crippen LogP contribution < -0.4 is 10.6 Å². The van der Waals surface area contributed by atoms with Crippen LogP contribution in [0.25, 0.3) is 0 Å². The maximum Gasteiger partial charge on any atom is 0.0445 e. The van der Waals surface area contributed by atoms with Crippen molar-refractivity contribution in [1.82, 2.24) is 10.6 Å². The summed E-state index contributed by atoms with van der Waals surface area (Å²) in [7, 11) is 0. The first kappa shape index (κ1) is 11.0. The zero-order valence-electron chi connectivity index (χ0n) is 8.55. The van der Waals surface area contributed by atoms with E-state index in [0.717, 1.165) is 25.9 Å². The zero-order valence-corrected chi connectivity index (χ0v) is 8.55. The van der Waals surface area contributed by atoms with Gasteiger partial charge < -0.3 is 15.7 Å². The lowest BCUT2D eigenvalue weighted by Gasteiger charge is -2.28. The summed E-state index contributed by atoms with van der Waals surface area (Å²) in [6.45, 7) is 4.71. The van der Waals surface area contributed by atoms with Crippen molar-refractivity contribution in [3.63, 3.8) is 0 Å². The van der Waals surface area contributed by atoms with Gasteiger partial charge in [-0.1, -0.05) is 6.92 Å². The molecule has 0 amide bonds. The van der Waals surface area contributed by atoms with Gasteiger partial charge in [0.1, 0.15) is 0 Å². The summed E-state index contributed by atoms with van der Waals surface area (Å²) in [6.07, 6.45) is 4.53. The van der Waals surface area contributed by atoms with Crippen LogP contribution in [0.3, 0.4) is 0 Å². The molecule has 1 aliphatic rings. The van der Waals surface area contributed by atoms with Crippen LogP contribution in [0, 0.1) is 0 Å². The summed E-state index contributed by atoms with van der Waals surface area (Å²) in [4.78, 5) is 0. The fraction of sp³-hybridized carbons (Fsp3) is 1.00. The number of hydrogen-bond acceptors (Lipinski definition) is 3. The average molecular weight is 186 g/mol. The van der Waals surface area contributed by atoms with E-state index in [9.17, 15) is 0 Å². The Morgan fingerprint density at radius 1 is 1.62 bits per heavy atom. The van der Waals surface area contributed by atoms with E-state index in [1.165, 1.54) is 12.8 Å². The van der Waals surface area contributed by atoms with E-state index in [0.29, 0.717) is 18.7 Å². The van der Waals surface area contributed by atoms with Crippen molar-refractivity contribution >= 4 is 0 Å². The van der Waals surface area contributed by atoms with Gasteiger partial charge in [0.25, 0.3) is 0 Å². The van der Waals surface area contributed by atoms with Gasteiger partial charge in [0.2, 0.25) is 0 Å². The second-order valence-electron chi connectivity index (χ2n) is 3.83. The van der Waals surface area contributed by atoms with Gasteiger partial charge in [-0.25, -0.2) is 0 Å². The normalized spacial score (nSPS) is 25.8. The third-order valence-corrected chi connectivity index (χ3v) is 2.74. The summed E-state index contributed by atoms with van der Waals surface area (Å²) in [6, 6.07) is 1.11. The summed E-state index contributed by atoms with van der Waals surface area (Å²) in [5.74, 6) is 0. The lowest BCUT2D eigenvalue weighted by atomic mass is 10.0. The Balaban J connectivity index is 2.18. The molecule has 0 aromatic carbocycles. The summed E-state index contributed by atoms with van der Waals surface area (Å²) >= 11 is 0.